The normalized spacial score (nSPS) is 30.3. The number of rotatable bonds is 3. The Kier molecular flexibility index (Phi) is 4.21. The maximum Gasteiger partial charge on any atom is 0.254 e. The number of amides is 1. The molecule has 1 aliphatic heterocycles. The maximum absolute atomic E-state index is 12.6. The molecule has 0 aromatic carbocycles. The summed E-state index contributed by atoms with van der Waals surface area (Å²) in [5, 5.41) is 3.60. The molecule has 124 valence electrons. The van der Waals surface area contributed by atoms with E-state index in [4.69, 9.17) is 4.74 Å². The number of pyridine rings is 1. The van der Waals surface area contributed by atoms with Gasteiger partial charge in [0, 0.05) is 30.9 Å². The van der Waals surface area contributed by atoms with Crippen molar-refractivity contribution in [3.05, 3.63) is 23.9 Å². The Morgan fingerprint density at radius 3 is 2.96 bits per heavy atom. The van der Waals surface area contributed by atoms with Crippen molar-refractivity contribution in [1.29, 1.82) is 0 Å². The molecule has 5 heteroatoms. The highest BCUT2D eigenvalue weighted by molar-refractivity contribution is 5.94. The Hall–Kier alpha value is -1.62. The molecule has 2 saturated carbocycles. The van der Waals surface area contributed by atoms with Crippen molar-refractivity contribution in [3.8, 4) is 0 Å². The van der Waals surface area contributed by atoms with Crippen LogP contribution in [0.5, 0.6) is 0 Å². The molecule has 0 radical (unpaired) electrons. The summed E-state index contributed by atoms with van der Waals surface area (Å²) in [6.07, 6.45) is 8.43. The Balaban J connectivity index is 1.44. The molecule has 0 bridgehead atoms. The van der Waals surface area contributed by atoms with Gasteiger partial charge in [-0.1, -0.05) is 12.8 Å². The summed E-state index contributed by atoms with van der Waals surface area (Å²) in [6.45, 7) is 2.62. The van der Waals surface area contributed by atoms with Crippen molar-refractivity contribution >= 4 is 11.7 Å². The van der Waals surface area contributed by atoms with E-state index in [1.165, 1.54) is 32.1 Å². The van der Waals surface area contributed by atoms with Crippen LogP contribution in [0.25, 0.3) is 0 Å². The number of anilines is 1. The topological polar surface area (TPSA) is 54.5 Å². The van der Waals surface area contributed by atoms with Crippen molar-refractivity contribution in [2.45, 2.75) is 38.1 Å². The van der Waals surface area contributed by atoms with Gasteiger partial charge in [0.25, 0.3) is 5.91 Å². The molecule has 1 aromatic rings. The number of carbonyl (C=O) groups is 1. The van der Waals surface area contributed by atoms with Crippen LogP contribution in [0.1, 0.15) is 42.5 Å². The fourth-order valence-corrected chi connectivity index (χ4v) is 4.52. The Morgan fingerprint density at radius 1 is 1.22 bits per heavy atom. The lowest BCUT2D eigenvalue weighted by Crippen LogP contribution is -2.40. The van der Waals surface area contributed by atoms with Crippen LogP contribution < -0.4 is 5.32 Å². The molecule has 1 aromatic heterocycles. The average molecular weight is 315 g/mol. The number of fused-ring (bicyclic) bond motifs is 1. The van der Waals surface area contributed by atoms with Gasteiger partial charge in [0.05, 0.1) is 13.2 Å². The number of hydrogen-bond acceptors (Lipinski definition) is 4. The standard InChI is InChI=1S/C18H25N3O2/c22-18(21-8-10-23-11-9-21)14-6-7-19-17(12-14)20-16-5-4-13-2-1-3-15(13)16/h6-7,12-13,15-16H,1-5,8-11H2,(H,19,20)/t13-,15-,16-/m0/s1. The second-order valence-electron chi connectivity index (χ2n) is 7.02. The van der Waals surface area contributed by atoms with Crippen LogP contribution in [0, 0.1) is 11.8 Å². The zero-order valence-electron chi connectivity index (χ0n) is 13.5. The van der Waals surface area contributed by atoms with Crippen LogP contribution in [0.3, 0.4) is 0 Å². The Bertz CT molecular complexity index is 571. The van der Waals surface area contributed by atoms with Crippen molar-refractivity contribution < 1.29 is 9.53 Å². The van der Waals surface area contributed by atoms with Crippen LogP contribution in [0.4, 0.5) is 5.82 Å². The fourth-order valence-electron chi connectivity index (χ4n) is 4.52. The Morgan fingerprint density at radius 2 is 2.09 bits per heavy atom. The van der Waals surface area contributed by atoms with Crippen LogP contribution in [0.2, 0.25) is 0 Å². The van der Waals surface area contributed by atoms with Gasteiger partial charge in [-0.25, -0.2) is 4.98 Å². The number of nitrogens with one attached hydrogen (secondary N) is 1. The molecule has 2 aliphatic carbocycles. The third-order valence-electron chi connectivity index (χ3n) is 5.72. The fraction of sp³-hybridized carbons (Fsp3) is 0.667. The predicted molar refractivity (Wildman–Crippen MR) is 88.4 cm³/mol. The lowest BCUT2D eigenvalue weighted by molar-refractivity contribution is 0.0303. The SMILES string of the molecule is O=C(c1ccnc(N[C@H]2CC[C@@H]3CCC[C@@H]32)c1)N1CCOCC1. The molecule has 2 heterocycles. The van der Waals surface area contributed by atoms with E-state index >= 15 is 0 Å². The van der Waals surface area contributed by atoms with E-state index in [9.17, 15) is 4.79 Å². The van der Waals surface area contributed by atoms with Crippen LogP contribution in [-0.4, -0.2) is 48.1 Å². The Labute approximate surface area is 137 Å². The first-order valence-corrected chi connectivity index (χ1v) is 8.91. The molecule has 3 aliphatic rings. The zero-order valence-corrected chi connectivity index (χ0v) is 13.5. The molecule has 23 heavy (non-hydrogen) atoms. The summed E-state index contributed by atoms with van der Waals surface area (Å²) in [7, 11) is 0. The first kappa shape index (κ1) is 14.9. The number of aromatic nitrogens is 1. The highest BCUT2D eigenvalue weighted by Gasteiger charge is 2.39. The predicted octanol–water partition coefficient (Wildman–Crippen LogP) is 2.54. The monoisotopic (exact) mass is 315 g/mol. The second kappa shape index (κ2) is 6.48. The summed E-state index contributed by atoms with van der Waals surface area (Å²) in [5.74, 6) is 2.65. The highest BCUT2D eigenvalue weighted by atomic mass is 16.5. The lowest BCUT2D eigenvalue weighted by atomic mass is 9.97. The first-order valence-electron chi connectivity index (χ1n) is 8.91. The minimum absolute atomic E-state index is 0.0870. The maximum atomic E-state index is 12.6. The molecule has 1 saturated heterocycles. The molecule has 0 unspecified atom stereocenters. The highest BCUT2D eigenvalue weighted by Crippen LogP contribution is 2.44. The molecular formula is C18H25N3O2. The largest absolute Gasteiger partial charge is 0.378 e. The van der Waals surface area contributed by atoms with Crippen molar-refractivity contribution in [1.82, 2.24) is 9.88 Å². The van der Waals surface area contributed by atoms with Crippen LogP contribution in [0.15, 0.2) is 18.3 Å². The van der Waals surface area contributed by atoms with Gasteiger partial charge in [-0.15, -0.1) is 0 Å². The van der Waals surface area contributed by atoms with E-state index in [0.717, 1.165) is 23.2 Å². The van der Waals surface area contributed by atoms with Crippen LogP contribution >= 0.6 is 0 Å². The average Bonchev–Trinajstić information content (AvgIpc) is 3.20. The number of nitrogens with zero attached hydrogens (tertiary/aromatic N) is 2. The van der Waals surface area contributed by atoms with Gasteiger partial charge in [-0.3, -0.25) is 4.79 Å². The number of morpholine rings is 1. The summed E-state index contributed by atoms with van der Waals surface area (Å²) < 4.78 is 5.32. The third kappa shape index (κ3) is 3.07. The third-order valence-corrected chi connectivity index (χ3v) is 5.72. The van der Waals surface area contributed by atoms with Gasteiger partial charge < -0.3 is 15.0 Å². The minimum Gasteiger partial charge on any atom is -0.378 e. The smallest absolute Gasteiger partial charge is 0.254 e. The van der Waals surface area contributed by atoms with Crippen molar-refractivity contribution in [2.75, 3.05) is 31.6 Å². The van der Waals surface area contributed by atoms with E-state index < -0.39 is 0 Å². The van der Waals surface area contributed by atoms with Crippen LogP contribution in [-0.2, 0) is 4.74 Å². The summed E-state index contributed by atoms with van der Waals surface area (Å²) in [5.41, 5.74) is 0.727. The number of carbonyl (C=O) groups excluding carboxylic acids is 1. The van der Waals surface area contributed by atoms with E-state index in [2.05, 4.69) is 10.3 Å². The van der Waals surface area contributed by atoms with E-state index in [-0.39, 0.29) is 5.91 Å². The van der Waals surface area contributed by atoms with E-state index in [1.54, 1.807) is 6.20 Å². The van der Waals surface area contributed by atoms with Gasteiger partial charge >= 0.3 is 0 Å². The quantitative estimate of drug-likeness (QED) is 0.931. The first-order chi connectivity index (χ1) is 11.3. The molecule has 3 fully saturated rings. The van der Waals surface area contributed by atoms with E-state index in [1.807, 2.05) is 17.0 Å². The summed E-state index contributed by atoms with van der Waals surface area (Å²) in [4.78, 5) is 18.9. The lowest BCUT2D eigenvalue weighted by Gasteiger charge is -2.27. The van der Waals surface area contributed by atoms with Gasteiger partial charge in [0.2, 0.25) is 0 Å². The molecule has 1 N–H and O–H groups in total. The molecule has 3 atom stereocenters. The van der Waals surface area contributed by atoms with E-state index in [0.29, 0.717) is 32.3 Å². The van der Waals surface area contributed by atoms with Gasteiger partial charge in [-0.2, -0.15) is 0 Å². The minimum atomic E-state index is 0.0870. The molecule has 5 nitrogen and oxygen atoms in total. The zero-order chi connectivity index (χ0) is 15.6. The van der Waals surface area contributed by atoms with Gasteiger partial charge in [-0.05, 0) is 43.2 Å². The van der Waals surface area contributed by atoms with Gasteiger partial charge in [0.1, 0.15) is 5.82 Å². The number of hydrogen-bond donors (Lipinski definition) is 1. The molecule has 1 amide bonds. The molecule has 0 spiro atoms. The number of ether oxygens (including phenoxy) is 1. The molecular weight excluding hydrogens is 290 g/mol. The molecule has 4 rings (SSSR count). The van der Waals surface area contributed by atoms with Crippen molar-refractivity contribution in [2.24, 2.45) is 11.8 Å². The van der Waals surface area contributed by atoms with Gasteiger partial charge in [0.15, 0.2) is 0 Å². The summed E-state index contributed by atoms with van der Waals surface area (Å²) >= 11 is 0. The summed E-state index contributed by atoms with van der Waals surface area (Å²) in [6, 6.07) is 4.26. The van der Waals surface area contributed by atoms with Crippen molar-refractivity contribution in [3.63, 3.8) is 0 Å². The second-order valence-corrected chi connectivity index (χ2v) is 7.02.